The summed E-state index contributed by atoms with van der Waals surface area (Å²) in [6, 6.07) is 5.86. The minimum Gasteiger partial charge on any atom is -0.505 e. The van der Waals surface area contributed by atoms with Crippen molar-refractivity contribution in [1.82, 2.24) is 19.9 Å². The van der Waals surface area contributed by atoms with E-state index in [2.05, 4.69) is 15.4 Å². The first-order valence-corrected chi connectivity index (χ1v) is 6.83. The number of benzene rings is 1. The van der Waals surface area contributed by atoms with Crippen LogP contribution in [-0.2, 0) is 6.54 Å². The second-order valence-electron chi connectivity index (χ2n) is 5.05. The maximum atomic E-state index is 13.7. The lowest BCUT2D eigenvalue weighted by atomic mass is 10.2. The topological polar surface area (TPSA) is 106 Å². The number of nitrogen functional groups attached to an aromatic ring is 1. The summed E-state index contributed by atoms with van der Waals surface area (Å²) in [6.07, 6.45) is 1.35. The van der Waals surface area contributed by atoms with Crippen molar-refractivity contribution >= 4 is 17.4 Å². The predicted octanol–water partition coefficient (Wildman–Crippen LogP) is 1.39. The van der Waals surface area contributed by atoms with Crippen LogP contribution in [0.4, 0.5) is 10.2 Å². The van der Waals surface area contributed by atoms with Gasteiger partial charge in [0, 0.05) is 23.9 Å². The standard InChI is InChI=1S/C15H14FN5O2/c1-8-5-12(17)21-14(20-8)10(7-19-21)15(23)18-6-9-3-2-4-11(22)13(9)16/h2-5,7,22H,6,17H2,1H3,(H,18,23). The number of nitrogens with one attached hydrogen (secondary N) is 1. The summed E-state index contributed by atoms with van der Waals surface area (Å²) in [6.45, 7) is 1.69. The quantitative estimate of drug-likeness (QED) is 0.677. The number of phenols is 1. The first-order chi connectivity index (χ1) is 11.0. The minimum absolute atomic E-state index is 0.0717. The third kappa shape index (κ3) is 2.66. The molecule has 8 heteroatoms. The van der Waals surface area contributed by atoms with Gasteiger partial charge in [0.2, 0.25) is 0 Å². The van der Waals surface area contributed by atoms with Crippen LogP contribution in [0.3, 0.4) is 0 Å². The highest BCUT2D eigenvalue weighted by Gasteiger charge is 2.16. The number of amides is 1. The zero-order chi connectivity index (χ0) is 16.6. The van der Waals surface area contributed by atoms with Crippen molar-refractivity contribution in [2.75, 3.05) is 5.73 Å². The lowest BCUT2D eigenvalue weighted by Crippen LogP contribution is -2.23. The Labute approximate surface area is 130 Å². The van der Waals surface area contributed by atoms with Gasteiger partial charge in [-0.15, -0.1) is 0 Å². The van der Waals surface area contributed by atoms with Crippen LogP contribution >= 0.6 is 0 Å². The summed E-state index contributed by atoms with van der Waals surface area (Å²) in [5.41, 5.74) is 7.23. The van der Waals surface area contributed by atoms with Gasteiger partial charge in [-0.05, 0) is 13.0 Å². The van der Waals surface area contributed by atoms with Crippen LogP contribution in [0.15, 0.2) is 30.5 Å². The van der Waals surface area contributed by atoms with E-state index in [-0.39, 0.29) is 17.7 Å². The van der Waals surface area contributed by atoms with Gasteiger partial charge in [0.25, 0.3) is 5.91 Å². The average Bonchev–Trinajstić information content (AvgIpc) is 2.92. The Morgan fingerprint density at radius 3 is 3.04 bits per heavy atom. The molecule has 1 aromatic carbocycles. The molecule has 2 aromatic heterocycles. The molecule has 0 saturated heterocycles. The number of carbonyl (C=O) groups is 1. The number of aromatic nitrogens is 3. The first-order valence-electron chi connectivity index (χ1n) is 6.83. The third-order valence-electron chi connectivity index (χ3n) is 3.37. The lowest BCUT2D eigenvalue weighted by molar-refractivity contribution is 0.0952. The minimum atomic E-state index is -0.758. The Hall–Kier alpha value is -3.16. The van der Waals surface area contributed by atoms with E-state index in [0.717, 1.165) is 0 Å². The van der Waals surface area contributed by atoms with Crippen LogP contribution in [0.5, 0.6) is 5.75 Å². The summed E-state index contributed by atoms with van der Waals surface area (Å²) in [7, 11) is 0. The molecule has 118 valence electrons. The number of nitrogens with zero attached hydrogens (tertiary/aromatic N) is 3. The third-order valence-corrected chi connectivity index (χ3v) is 3.37. The molecule has 0 unspecified atom stereocenters. The molecule has 0 fully saturated rings. The van der Waals surface area contributed by atoms with Gasteiger partial charge in [0.15, 0.2) is 17.2 Å². The maximum absolute atomic E-state index is 13.7. The number of aryl methyl sites for hydroxylation is 1. The van der Waals surface area contributed by atoms with E-state index in [1.807, 2.05) is 0 Å². The van der Waals surface area contributed by atoms with Crippen molar-refractivity contribution in [1.29, 1.82) is 0 Å². The van der Waals surface area contributed by atoms with Crippen molar-refractivity contribution in [2.45, 2.75) is 13.5 Å². The molecule has 0 aliphatic carbocycles. The van der Waals surface area contributed by atoms with Gasteiger partial charge in [0.05, 0.1) is 6.20 Å². The lowest BCUT2D eigenvalue weighted by Gasteiger charge is -2.07. The van der Waals surface area contributed by atoms with Gasteiger partial charge in [-0.2, -0.15) is 9.61 Å². The number of rotatable bonds is 3. The number of phenolic OH excluding ortho intramolecular Hbond substituents is 1. The summed E-state index contributed by atoms with van der Waals surface area (Å²) in [5.74, 6) is -1.31. The molecule has 3 rings (SSSR count). The SMILES string of the molecule is Cc1cc(N)n2ncc(C(=O)NCc3cccc(O)c3F)c2n1. The van der Waals surface area contributed by atoms with Gasteiger partial charge >= 0.3 is 0 Å². The molecule has 2 heterocycles. The number of fused-ring (bicyclic) bond motifs is 1. The Morgan fingerprint density at radius 2 is 2.26 bits per heavy atom. The highest BCUT2D eigenvalue weighted by atomic mass is 19.1. The van der Waals surface area contributed by atoms with E-state index in [9.17, 15) is 14.3 Å². The highest BCUT2D eigenvalue weighted by molar-refractivity contribution is 5.99. The molecular weight excluding hydrogens is 301 g/mol. The van der Waals surface area contributed by atoms with Crippen LogP contribution in [0.2, 0.25) is 0 Å². The van der Waals surface area contributed by atoms with E-state index in [0.29, 0.717) is 17.2 Å². The van der Waals surface area contributed by atoms with Crippen LogP contribution < -0.4 is 11.1 Å². The Kier molecular flexibility index (Phi) is 3.57. The van der Waals surface area contributed by atoms with Crippen molar-refractivity contribution in [2.24, 2.45) is 0 Å². The van der Waals surface area contributed by atoms with E-state index in [4.69, 9.17) is 5.73 Å². The van der Waals surface area contributed by atoms with Gasteiger partial charge in [0.1, 0.15) is 11.4 Å². The van der Waals surface area contributed by atoms with Crippen molar-refractivity contribution in [3.05, 3.63) is 53.1 Å². The fraction of sp³-hybridized carbons (Fsp3) is 0.133. The monoisotopic (exact) mass is 315 g/mol. The predicted molar refractivity (Wildman–Crippen MR) is 81.4 cm³/mol. The molecular formula is C15H14FN5O2. The molecule has 0 spiro atoms. The molecule has 1 amide bonds. The Morgan fingerprint density at radius 1 is 1.48 bits per heavy atom. The fourth-order valence-corrected chi connectivity index (χ4v) is 2.25. The fourth-order valence-electron chi connectivity index (χ4n) is 2.25. The highest BCUT2D eigenvalue weighted by Crippen LogP contribution is 2.19. The number of halogens is 1. The van der Waals surface area contributed by atoms with Crippen LogP contribution in [0.25, 0.3) is 5.65 Å². The van der Waals surface area contributed by atoms with Gasteiger partial charge in [-0.3, -0.25) is 4.79 Å². The Balaban J connectivity index is 1.85. The largest absolute Gasteiger partial charge is 0.505 e. The summed E-state index contributed by atoms with van der Waals surface area (Å²) in [5, 5.41) is 15.9. The maximum Gasteiger partial charge on any atom is 0.257 e. The Bertz CT molecular complexity index is 906. The number of nitrogens with two attached hydrogens (primary N) is 1. The van der Waals surface area contributed by atoms with Crippen LogP contribution in [-0.4, -0.2) is 25.6 Å². The van der Waals surface area contributed by atoms with Crippen LogP contribution in [0.1, 0.15) is 21.6 Å². The molecule has 0 bridgehead atoms. The van der Waals surface area contributed by atoms with Gasteiger partial charge in [-0.25, -0.2) is 9.37 Å². The molecule has 0 saturated carbocycles. The number of hydrogen-bond donors (Lipinski definition) is 3. The normalized spacial score (nSPS) is 10.9. The summed E-state index contributed by atoms with van der Waals surface area (Å²) < 4.78 is 15.1. The zero-order valence-corrected chi connectivity index (χ0v) is 12.2. The second-order valence-corrected chi connectivity index (χ2v) is 5.05. The number of anilines is 1. The number of carbonyl (C=O) groups excluding carboxylic acids is 1. The number of aromatic hydroxyl groups is 1. The van der Waals surface area contributed by atoms with Gasteiger partial charge < -0.3 is 16.2 Å². The average molecular weight is 315 g/mol. The van der Waals surface area contributed by atoms with E-state index in [1.54, 1.807) is 13.0 Å². The molecule has 0 radical (unpaired) electrons. The summed E-state index contributed by atoms with van der Waals surface area (Å²) in [4.78, 5) is 16.5. The molecule has 4 N–H and O–H groups in total. The van der Waals surface area contributed by atoms with Crippen molar-refractivity contribution < 1.29 is 14.3 Å². The zero-order valence-electron chi connectivity index (χ0n) is 12.2. The first kappa shape index (κ1) is 14.8. The smallest absolute Gasteiger partial charge is 0.257 e. The number of hydrogen-bond acceptors (Lipinski definition) is 5. The molecule has 3 aromatic rings. The second kappa shape index (κ2) is 5.56. The molecule has 0 aliphatic heterocycles. The molecule has 0 aliphatic rings. The van der Waals surface area contributed by atoms with E-state index < -0.39 is 17.5 Å². The van der Waals surface area contributed by atoms with Crippen LogP contribution in [0, 0.1) is 12.7 Å². The molecule has 7 nitrogen and oxygen atoms in total. The molecule has 0 atom stereocenters. The van der Waals surface area contributed by atoms with E-state index in [1.165, 1.54) is 28.9 Å². The van der Waals surface area contributed by atoms with Crippen molar-refractivity contribution in [3.8, 4) is 5.75 Å². The van der Waals surface area contributed by atoms with Gasteiger partial charge in [-0.1, -0.05) is 12.1 Å². The van der Waals surface area contributed by atoms with Crippen molar-refractivity contribution in [3.63, 3.8) is 0 Å². The molecule has 23 heavy (non-hydrogen) atoms. The van der Waals surface area contributed by atoms with E-state index >= 15 is 0 Å². The summed E-state index contributed by atoms with van der Waals surface area (Å²) >= 11 is 0.